The number of para-hydroxylation sites is 3. The number of hydrogen-bond acceptors (Lipinski definition) is 3. The van der Waals surface area contributed by atoms with Gasteiger partial charge in [0.25, 0.3) is 0 Å². The van der Waals surface area contributed by atoms with E-state index < -0.39 is 0 Å². The molecule has 0 atom stereocenters. The molecule has 12 aromatic rings. The van der Waals surface area contributed by atoms with Crippen molar-refractivity contribution in [2.24, 2.45) is 0 Å². The molecule has 0 aliphatic carbocycles. The predicted molar refractivity (Wildman–Crippen MR) is 234 cm³/mol. The molecule has 0 amide bonds. The van der Waals surface area contributed by atoms with Crippen LogP contribution in [0.5, 0.6) is 0 Å². The minimum atomic E-state index is 0.681. The zero-order valence-corrected chi connectivity index (χ0v) is 30.7. The van der Waals surface area contributed by atoms with Gasteiger partial charge in [0.05, 0.1) is 38.8 Å². The third kappa shape index (κ3) is 4.89. The number of rotatable bonds is 5. The summed E-state index contributed by atoms with van der Waals surface area (Å²) in [6.45, 7) is 0. The van der Waals surface area contributed by atoms with Crippen molar-refractivity contribution in [1.29, 1.82) is 0 Å². The van der Waals surface area contributed by atoms with E-state index in [9.17, 15) is 0 Å². The molecule has 4 heterocycles. The lowest BCUT2D eigenvalue weighted by molar-refractivity contribution is 0.669. The van der Waals surface area contributed by atoms with Gasteiger partial charge in [0, 0.05) is 55.0 Å². The summed E-state index contributed by atoms with van der Waals surface area (Å²) in [7, 11) is 0. The van der Waals surface area contributed by atoms with Crippen molar-refractivity contribution < 1.29 is 4.42 Å². The van der Waals surface area contributed by atoms with E-state index in [4.69, 9.17) is 14.4 Å². The quantitative estimate of drug-likeness (QED) is 0.177. The topological polar surface area (TPSA) is 48.8 Å². The summed E-state index contributed by atoms with van der Waals surface area (Å²) in [4.78, 5) is 10.3. The van der Waals surface area contributed by atoms with Gasteiger partial charge in [-0.25, -0.2) is 9.97 Å². The molecule has 0 radical (unpaired) electrons. The van der Waals surface area contributed by atoms with Crippen molar-refractivity contribution in [2.75, 3.05) is 0 Å². The Hall–Kier alpha value is -7.76. The Balaban J connectivity index is 1.13. The molecule has 5 heteroatoms. The van der Waals surface area contributed by atoms with Crippen molar-refractivity contribution in [3.8, 4) is 45.3 Å². The van der Waals surface area contributed by atoms with Gasteiger partial charge in [-0.2, -0.15) is 0 Å². The highest BCUT2D eigenvalue weighted by atomic mass is 16.3. The van der Waals surface area contributed by atoms with Gasteiger partial charge >= 0.3 is 0 Å². The van der Waals surface area contributed by atoms with Gasteiger partial charge in [-0.05, 0) is 66.7 Å². The lowest BCUT2D eigenvalue weighted by Gasteiger charge is -2.12. The molecule has 0 saturated heterocycles. The fraction of sp³-hybridized carbons (Fsp3) is 0. The summed E-state index contributed by atoms with van der Waals surface area (Å²) in [6, 6.07) is 68.3. The summed E-state index contributed by atoms with van der Waals surface area (Å²) in [5, 5.41) is 7.03. The highest BCUT2D eigenvalue weighted by Gasteiger charge is 2.22. The Labute approximate surface area is 327 Å². The third-order valence-electron chi connectivity index (χ3n) is 11.3. The van der Waals surface area contributed by atoms with Gasteiger partial charge in [0.1, 0.15) is 11.2 Å². The number of aromatic nitrogens is 4. The lowest BCUT2D eigenvalue weighted by atomic mass is 10.1. The van der Waals surface area contributed by atoms with Crippen molar-refractivity contribution in [1.82, 2.24) is 19.1 Å². The van der Waals surface area contributed by atoms with E-state index in [1.165, 1.54) is 21.5 Å². The number of benzene rings is 8. The fourth-order valence-corrected chi connectivity index (χ4v) is 8.77. The number of fused-ring (bicyclic) bond motifs is 10. The maximum Gasteiger partial charge on any atom is 0.160 e. The lowest BCUT2D eigenvalue weighted by Crippen LogP contribution is -1.98. The van der Waals surface area contributed by atoms with Crippen molar-refractivity contribution in [3.05, 3.63) is 194 Å². The van der Waals surface area contributed by atoms with Crippen LogP contribution in [0.15, 0.2) is 199 Å². The maximum atomic E-state index is 6.43. The molecule has 0 aliphatic rings. The van der Waals surface area contributed by atoms with E-state index in [1.807, 2.05) is 18.2 Å². The van der Waals surface area contributed by atoms with Gasteiger partial charge in [0.15, 0.2) is 5.82 Å². The van der Waals surface area contributed by atoms with E-state index in [1.54, 1.807) is 0 Å². The molecule has 0 spiro atoms. The number of hydrogen-bond donors (Lipinski definition) is 0. The minimum Gasteiger partial charge on any atom is -0.456 e. The van der Waals surface area contributed by atoms with Gasteiger partial charge < -0.3 is 13.6 Å². The fourth-order valence-electron chi connectivity index (χ4n) is 8.77. The van der Waals surface area contributed by atoms with Crippen LogP contribution in [-0.2, 0) is 0 Å². The van der Waals surface area contributed by atoms with E-state index in [-0.39, 0.29) is 0 Å². The summed E-state index contributed by atoms with van der Waals surface area (Å²) in [6.07, 6.45) is 0. The summed E-state index contributed by atoms with van der Waals surface area (Å²) in [5.41, 5.74) is 13.3. The SMILES string of the molecule is c1ccc(-c2cc(-c3ccccc3)nc(-c3cccc(-n4c5ccccc5c5cc6c7ccc8oc9ccccc9c8c7n(-c7ccccc7)c6cc54)c3)n2)cc1. The van der Waals surface area contributed by atoms with Crippen LogP contribution in [0.3, 0.4) is 0 Å². The van der Waals surface area contributed by atoms with Crippen LogP contribution in [0.1, 0.15) is 0 Å². The Morgan fingerprint density at radius 1 is 0.351 bits per heavy atom. The van der Waals surface area contributed by atoms with Crippen molar-refractivity contribution >= 4 is 65.6 Å². The molecule has 0 fully saturated rings. The molecule has 12 rings (SSSR count). The van der Waals surface area contributed by atoms with Gasteiger partial charge in [0.2, 0.25) is 0 Å². The predicted octanol–water partition coefficient (Wildman–Crippen LogP) is 13.6. The highest BCUT2D eigenvalue weighted by molar-refractivity contribution is 6.27. The molecule has 0 bridgehead atoms. The molecule has 0 unspecified atom stereocenters. The summed E-state index contributed by atoms with van der Waals surface area (Å²) < 4.78 is 11.2. The Kier molecular flexibility index (Phi) is 6.86. The minimum absolute atomic E-state index is 0.681. The van der Waals surface area contributed by atoms with E-state index in [0.717, 1.165) is 83.5 Å². The van der Waals surface area contributed by atoms with Crippen molar-refractivity contribution in [2.45, 2.75) is 0 Å². The monoisotopic (exact) mass is 728 g/mol. The van der Waals surface area contributed by atoms with Crippen LogP contribution in [0.2, 0.25) is 0 Å². The standard InChI is InChI=1S/C52H32N4O/c1-4-15-33(16-5-1)43-31-44(34-17-6-2-7-18-34)54-52(53-43)35-19-14-22-37(29-35)55-45-25-12-10-23-38(45)41-30-42-39-27-28-49-50(40-24-11-13-26-48(40)57-49)51(39)56(47(42)32-46(41)55)36-20-8-3-9-21-36/h1-32H. The molecular formula is C52H32N4O. The average Bonchev–Trinajstić information content (AvgIpc) is 3.93. The second-order valence-corrected chi connectivity index (χ2v) is 14.6. The van der Waals surface area contributed by atoms with Crippen LogP contribution >= 0.6 is 0 Å². The normalized spacial score (nSPS) is 11.9. The summed E-state index contributed by atoms with van der Waals surface area (Å²) >= 11 is 0. The molecule has 0 aliphatic heterocycles. The maximum absolute atomic E-state index is 6.43. The second-order valence-electron chi connectivity index (χ2n) is 14.6. The van der Waals surface area contributed by atoms with E-state index in [0.29, 0.717) is 5.82 Å². The molecule has 0 saturated carbocycles. The molecule has 5 nitrogen and oxygen atoms in total. The Morgan fingerprint density at radius 2 is 0.947 bits per heavy atom. The molecule has 4 aromatic heterocycles. The first-order valence-electron chi connectivity index (χ1n) is 19.2. The molecule has 8 aromatic carbocycles. The zero-order valence-electron chi connectivity index (χ0n) is 30.7. The molecular weight excluding hydrogens is 697 g/mol. The number of nitrogens with zero attached hydrogens (tertiary/aromatic N) is 4. The van der Waals surface area contributed by atoms with Crippen LogP contribution in [0.4, 0.5) is 0 Å². The highest BCUT2D eigenvalue weighted by Crippen LogP contribution is 2.44. The van der Waals surface area contributed by atoms with Crippen LogP contribution in [0.25, 0.3) is 111 Å². The zero-order chi connectivity index (χ0) is 37.5. The molecule has 57 heavy (non-hydrogen) atoms. The first kappa shape index (κ1) is 31.6. The van der Waals surface area contributed by atoms with E-state index in [2.05, 4.69) is 185 Å². The first-order chi connectivity index (χ1) is 28.3. The van der Waals surface area contributed by atoms with Crippen LogP contribution in [0, 0.1) is 0 Å². The second kappa shape index (κ2) is 12.4. The van der Waals surface area contributed by atoms with Gasteiger partial charge in [-0.1, -0.05) is 127 Å². The summed E-state index contributed by atoms with van der Waals surface area (Å²) in [5.74, 6) is 0.681. The van der Waals surface area contributed by atoms with Gasteiger partial charge in [-0.3, -0.25) is 0 Å². The molecule has 0 N–H and O–H groups in total. The van der Waals surface area contributed by atoms with Crippen molar-refractivity contribution in [3.63, 3.8) is 0 Å². The molecule has 266 valence electrons. The van der Waals surface area contributed by atoms with Crippen LogP contribution < -0.4 is 0 Å². The van der Waals surface area contributed by atoms with E-state index >= 15 is 0 Å². The Morgan fingerprint density at radius 3 is 1.70 bits per heavy atom. The first-order valence-corrected chi connectivity index (χ1v) is 19.2. The van der Waals surface area contributed by atoms with Crippen LogP contribution in [-0.4, -0.2) is 19.1 Å². The van der Waals surface area contributed by atoms with Gasteiger partial charge in [-0.15, -0.1) is 0 Å². The largest absolute Gasteiger partial charge is 0.456 e. The average molecular weight is 729 g/mol. The third-order valence-corrected chi connectivity index (χ3v) is 11.3. The smallest absolute Gasteiger partial charge is 0.160 e. The number of furan rings is 1. The Bertz CT molecular complexity index is 3450.